The maximum absolute atomic E-state index is 9.47. The van der Waals surface area contributed by atoms with Crippen LogP contribution >= 0.6 is 12.2 Å². The van der Waals surface area contributed by atoms with Crippen molar-refractivity contribution in [1.29, 1.82) is 0 Å². The molecule has 1 radical (unpaired) electrons. The van der Waals surface area contributed by atoms with Gasteiger partial charge in [0, 0.05) is 0 Å². The van der Waals surface area contributed by atoms with Crippen molar-refractivity contribution in [2.45, 2.75) is 13.0 Å². The lowest BCUT2D eigenvalue weighted by molar-refractivity contribution is -0.129. The molecule has 0 amide bonds. The van der Waals surface area contributed by atoms with Gasteiger partial charge in [0.25, 0.3) is 6.47 Å². The van der Waals surface area contributed by atoms with E-state index in [4.69, 9.17) is 0 Å². The van der Waals surface area contributed by atoms with E-state index in [9.17, 15) is 4.79 Å². The molecule has 2 nitrogen and oxygen atoms in total. The van der Waals surface area contributed by atoms with Gasteiger partial charge in [-0.25, -0.2) is 0 Å². The van der Waals surface area contributed by atoms with Crippen LogP contribution in [0.3, 0.4) is 0 Å². The van der Waals surface area contributed by atoms with E-state index in [1.165, 1.54) is 0 Å². The van der Waals surface area contributed by atoms with Gasteiger partial charge in [-0.05, 0) is 6.92 Å². The van der Waals surface area contributed by atoms with Gasteiger partial charge in [0.2, 0.25) is 0 Å². The molecular formula is C4H5O2S. The minimum absolute atomic E-state index is 0.351. The van der Waals surface area contributed by atoms with Crippen LogP contribution in [0.2, 0.25) is 0 Å². The van der Waals surface area contributed by atoms with Crippen LogP contribution in [-0.2, 0) is 9.53 Å². The number of hydrogen-bond donors (Lipinski definition) is 0. The van der Waals surface area contributed by atoms with Gasteiger partial charge in [-0.3, -0.25) is 4.79 Å². The van der Waals surface area contributed by atoms with Crippen molar-refractivity contribution in [3.63, 3.8) is 0 Å². The Morgan fingerprint density at radius 1 is 2.00 bits per heavy atom. The molecule has 0 aliphatic heterocycles. The highest BCUT2D eigenvalue weighted by Crippen LogP contribution is 1.79. The van der Waals surface area contributed by atoms with Crippen LogP contribution in [0, 0.1) is 0 Å². The summed E-state index contributed by atoms with van der Waals surface area (Å²) >= 11 is 4.31. The Kier molecular flexibility index (Phi) is 3.50. The van der Waals surface area contributed by atoms with E-state index in [0.717, 1.165) is 0 Å². The summed E-state index contributed by atoms with van der Waals surface area (Å²) in [5, 5.41) is 2.30. The summed E-state index contributed by atoms with van der Waals surface area (Å²) in [5.41, 5.74) is 0. The quantitative estimate of drug-likeness (QED) is 0.396. The average molecular weight is 117 g/mol. The summed E-state index contributed by atoms with van der Waals surface area (Å²) in [7, 11) is 0. The van der Waals surface area contributed by atoms with Gasteiger partial charge in [-0.1, -0.05) is 12.2 Å². The summed E-state index contributed by atoms with van der Waals surface area (Å²) in [6.07, 6.45) is -0.354. The van der Waals surface area contributed by atoms with Crippen molar-refractivity contribution in [3.05, 3.63) is 0 Å². The van der Waals surface area contributed by atoms with Crippen LogP contribution in [-0.4, -0.2) is 17.9 Å². The van der Waals surface area contributed by atoms with E-state index in [0.29, 0.717) is 6.47 Å². The van der Waals surface area contributed by atoms with Gasteiger partial charge in [0.15, 0.2) is 0 Å². The minimum Gasteiger partial charge on any atom is -0.459 e. The Bertz CT molecular complexity index is 72.1. The van der Waals surface area contributed by atoms with E-state index in [2.05, 4.69) is 22.3 Å². The predicted molar refractivity (Wildman–Crippen MR) is 29.2 cm³/mol. The molecule has 0 fully saturated rings. The highest BCUT2D eigenvalue weighted by molar-refractivity contribution is 7.79. The Hall–Kier alpha value is -0.440. The molecule has 0 heterocycles. The highest BCUT2D eigenvalue weighted by atomic mass is 32.1. The third-order valence-corrected chi connectivity index (χ3v) is 0.758. The summed E-state index contributed by atoms with van der Waals surface area (Å²) in [4.78, 5) is 9.47. The maximum Gasteiger partial charge on any atom is 0.293 e. The molecule has 0 spiro atoms. The Balaban J connectivity index is 3.15. The van der Waals surface area contributed by atoms with Crippen LogP contribution in [0.5, 0.6) is 0 Å². The number of hydrogen-bond acceptors (Lipinski definition) is 3. The first-order valence-electron chi connectivity index (χ1n) is 1.78. The predicted octanol–water partition coefficient (Wildman–Crippen LogP) is 0.425. The molecule has 0 rings (SSSR count). The molecular weight excluding hydrogens is 112 g/mol. The van der Waals surface area contributed by atoms with Gasteiger partial charge >= 0.3 is 0 Å². The summed E-state index contributed by atoms with van der Waals surface area (Å²) in [6.45, 7) is 1.99. The summed E-state index contributed by atoms with van der Waals surface area (Å²) in [6, 6.07) is 0. The van der Waals surface area contributed by atoms with Crippen molar-refractivity contribution in [2.75, 3.05) is 0 Å². The average Bonchev–Trinajstić information content (AvgIpc) is 1.68. The Labute approximate surface area is 47.5 Å². The third-order valence-electron chi connectivity index (χ3n) is 0.426. The number of carbonyl (C=O) groups is 1. The van der Waals surface area contributed by atoms with E-state index >= 15 is 0 Å². The topological polar surface area (TPSA) is 26.3 Å². The van der Waals surface area contributed by atoms with Gasteiger partial charge in [0.1, 0.15) is 6.10 Å². The molecule has 7 heavy (non-hydrogen) atoms. The zero-order valence-corrected chi connectivity index (χ0v) is 4.70. The summed E-state index contributed by atoms with van der Waals surface area (Å²) in [5.74, 6) is 0. The van der Waals surface area contributed by atoms with Crippen LogP contribution in [0.25, 0.3) is 0 Å². The van der Waals surface area contributed by atoms with Gasteiger partial charge < -0.3 is 4.74 Å². The van der Waals surface area contributed by atoms with Crippen molar-refractivity contribution < 1.29 is 9.53 Å². The number of thiocarbonyl (C=S) groups is 1. The lowest BCUT2D eigenvalue weighted by atomic mass is 10.5. The van der Waals surface area contributed by atoms with E-state index < -0.39 is 0 Å². The molecule has 0 bridgehead atoms. The molecule has 1 atom stereocenters. The number of ether oxygens (including phenoxy) is 1. The molecule has 0 aliphatic rings. The highest BCUT2D eigenvalue weighted by Gasteiger charge is 1.90. The fourth-order valence-electron chi connectivity index (χ4n) is 0.111. The molecule has 0 aromatic heterocycles. The van der Waals surface area contributed by atoms with E-state index in [1.807, 2.05) is 0 Å². The standard InChI is InChI=1S/C4H5O2S/c1-4(2-7)6-3-5/h3-4H,1H3. The first-order chi connectivity index (χ1) is 3.31. The second-order valence-corrected chi connectivity index (χ2v) is 1.23. The number of carbonyl (C=O) groups excluding carboxylic acids is 1. The molecule has 0 aromatic rings. The van der Waals surface area contributed by atoms with Crippen LogP contribution in [0.4, 0.5) is 0 Å². The first-order valence-corrected chi connectivity index (χ1v) is 2.19. The first kappa shape index (κ1) is 6.56. The molecule has 0 saturated heterocycles. The van der Waals surface area contributed by atoms with Crippen LogP contribution < -0.4 is 0 Å². The van der Waals surface area contributed by atoms with Crippen molar-refractivity contribution >= 4 is 24.1 Å². The lowest BCUT2D eigenvalue weighted by Gasteiger charge is -1.96. The van der Waals surface area contributed by atoms with Gasteiger partial charge in [0.05, 0.1) is 5.37 Å². The molecule has 3 heteroatoms. The Morgan fingerprint density at radius 3 is 2.71 bits per heavy atom. The van der Waals surface area contributed by atoms with Gasteiger partial charge in [-0.2, -0.15) is 0 Å². The fraction of sp³-hybridized carbons (Fsp3) is 0.500. The van der Waals surface area contributed by atoms with Gasteiger partial charge in [-0.15, -0.1) is 0 Å². The minimum atomic E-state index is -0.354. The normalized spacial score (nSPS) is 12.1. The van der Waals surface area contributed by atoms with E-state index in [1.54, 1.807) is 6.92 Å². The zero-order valence-electron chi connectivity index (χ0n) is 3.88. The zero-order chi connectivity index (χ0) is 5.70. The Morgan fingerprint density at radius 2 is 2.57 bits per heavy atom. The third kappa shape index (κ3) is 3.39. The molecule has 1 unspecified atom stereocenters. The monoisotopic (exact) mass is 117 g/mol. The molecule has 0 aromatic carbocycles. The van der Waals surface area contributed by atoms with Crippen molar-refractivity contribution in [3.8, 4) is 0 Å². The molecule has 0 aliphatic carbocycles. The van der Waals surface area contributed by atoms with E-state index in [-0.39, 0.29) is 6.10 Å². The molecule has 0 saturated carbocycles. The van der Waals surface area contributed by atoms with Crippen molar-refractivity contribution in [2.24, 2.45) is 0 Å². The van der Waals surface area contributed by atoms with Crippen LogP contribution in [0.1, 0.15) is 6.92 Å². The SMILES string of the molecule is CC([C]=S)OC=O. The lowest BCUT2D eigenvalue weighted by Crippen LogP contribution is -2.05. The number of rotatable bonds is 3. The maximum atomic E-state index is 9.47. The molecule has 0 N–H and O–H groups in total. The largest absolute Gasteiger partial charge is 0.459 e. The second-order valence-electron chi connectivity index (χ2n) is 0.992. The van der Waals surface area contributed by atoms with Crippen LogP contribution in [0.15, 0.2) is 0 Å². The fourth-order valence-corrected chi connectivity index (χ4v) is 0.167. The van der Waals surface area contributed by atoms with Crippen molar-refractivity contribution in [1.82, 2.24) is 0 Å². The summed E-state index contributed by atoms with van der Waals surface area (Å²) < 4.78 is 4.30. The second kappa shape index (κ2) is 3.74. The molecule has 39 valence electrons. The smallest absolute Gasteiger partial charge is 0.293 e.